The molecule has 112 valence electrons. The summed E-state index contributed by atoms with van der Waals surface area (Å²) >= 11 is 0. The molecule has 2 rings (SSSR count). The van der Waals surface area contributed by atoms with E-state index in [0.717, 1.165) is 19.1 Å². The van der Waals surface area contributed by atoms with Crippen molar-refractivity contribution in [2.45, 2.75) is 58.0 Å². The molecule has 1 aromatic carbocycles. The van der Waals surface area contributed by atoms with E-state index in [1.54, 1.807) is 0 Å². The van der Waals surface area contributed by atoms with Crippen molar-refractivity contribution in [2.24, 2.45) is 0 Å². The zero-order valence-electron chi connectivity index (χ0n) is 13.1. The van der Waals surface area contributed by atoms with Gasteiger partial charge in [0, 0.05) is 18.6 Å². The predicted molar refractivity (Wildman–Crippen MR) is 87.0 cm³/mol. The van der Waals surface area contributed by atoms with Gasteiger partial charge in [-0.1, -0.05) is 57.0 Å². The van der Waals surface area contributed by atoms with Crippen LogP contribution in [0.1, 0.15) is 57.6 Å². The molecule has 0 aromatic heterocycles. The lowest BCUT2D eigenvalue weighted by atomic mass is 10.0. The van der Waals surface area contributed by atoms with Crippen LogP contribution in [0.5, 0.6) is 0 Å². The van der Waals surface area contributed by atoms with Crippen LogP contribution >= 0.6 is 0 Å². The highest BCUT2D eigenvalue weighted by Gasteiger charge is 2.24. The molecule has 1 N–H and O–H groups in total. The second kappa shape index (κ2) is 8.43. The monoisotopic (exact) mass is 274 g/mol. The predicted octanol–water partition coefficient (Wildman–Crippen LogP) is 3.99. The number of nitrogens with zero attached hydrogens (tertiary/aromatic N) is 1. The summed E-state index contributed by atoms with van der Waals surface area (Å²) in [5.41, 5.74) is 1.43. The third kappa shape index (κ3) is 4.32. The maximum absolute atomic E-state index is 3.73. The molecule has 1 aromatic rings. The summed E-state index contributed by atoms with van der Waals surface area (Å²) in [4.78, 5) is 2.69. The number of nitrogens with one attached hydrogen (secondary N) is 1. The van der Waals surface area contributed by atoms with Gasteiger partial charge in [-0.2, -0.15) is 0 Å². The molecule has 2 nitrogen and oxygen atoms in total. The lowest BCUT2D eigenvalue weighted by Crippen LogP contribution is -2.40. The molecule has 0 spiro atoms. The van der Waals surface area contributed by atoms with Crippen molar-refractivity contribution >= 4 is 0 Å². The van der Waals surface area contributed by atoms with Crippen LogP contribution < -0.4 is 5.32 Å². The maximum Gasteiger partial charge on any atom is 0.0449 e. The summed E-state index contributed by atoms with van der Waals surface area (Å²) in [6.07, 6.45) is 6.81. The number of hydrogen-bond acceptors (Lipinski definition) is 2. The van der Waals surface area contributed by atoms with Crippen molar-refractivity contribution in [1.82, 2.24) is 10.2 Å². The van der Waals surface area contributed by atoms with Gasteiger partial charge in [-0.25, -0.2) is 0 Å². The average molecular weight is 274 g/mol. The van der Waals surface area contributed by atoms with Crippen molar-refractivity contribution in [2.75, 3.05) is 19.6 Å². The fourth-order valence-electron chi connectivity index (χ4n) is 3.33. The molecular weight excluding hydrogens is 244 g/mol. The molecule has 0 heterocycles. The first-order chi connectivity index (χ1) is 9.85. The van der Waals surface area contributed by atoms with Crippen LogP contribution in [0, 0.1) is 0 Å². The number of hydrogen-bond donors (Lipinski definition) is 1. The van der Waals surface area contributed by atoms with Gasteiger partial charge in [-0.05, 0) is 37.9 Å². The second-order valence-corrected chi connectivity index (χ2v) is 5.94. The van der Waals surface area contributed by atoms with Gasteiger partial charge in [0.05, 0.1) is 0 Å². The average Bonchev–Trinajstić information content (AvgIpc) is 3.03. The van der Waals surface area contributed by atoms with Crippen molar-refractivity contribution in [3.63, 3.8) is 0 Å². The van der Waals surface area contributed by atoms with Crippen molar-refractivity contribution in [3.05, 3.63) is 35.9 Å². The first-order valence-electron chi connectivity index (χ1n) is 8.37. The van der Waals surface area contributed by atoms with Crippen LogP contribution in [0.2, 0.25) is 0 Å². The molecule has 1 aliphatic rings. The van der Waals surface area contributed by atoms with Gasteiger partial charge in [0.2, 0.25) is 0 Å². The SMILES string of the molecule is CCCNC(CN(CC)C1CCCC1)c1ccccc1. The standard InChI is InChI=1S/C18H30N2/c1-3-14-19-18(16-10-6-5-7-11-16)15-20(4-2)17-12-8-9-13-17/h5-7,10-11,17-19H,3-4,8-9,12-15H2,1-2H3. The quantitative estimate of drug-likeness (QED) is 0.771. The molecule has 0 aliphatic heterocycles. The Morgan fingerprint density at radius 1 is 1.15 bits per heavy atom. The first-order valence-corrected chi connectivity index (χ1v) is 8.37. The molecule has 0 saturated heterocycles. The Hall–Kier alpha value is -0.860. The van der Waals surface area contributed by atoms with E-state index in [1.165, 1.54) is 44.2 Å². The number of rotatable bonds is 8. The normalized spacial score (nSPS) is 17.8. The molecule has 1 aliphatic carbocycles. The highest BCUT2D eigenvalue weighted by atomic mass is 15.2. The summed E-state index contributed by atoms with van der Waals surface area (Å²) in [6.45, 7) is 7.96. The van der Waals surface area contributed by atoms with Crippen molar-refractivity contribution in [1.29, 1.82) is 0 Å². The Morgan fingerprint density at radius 2 is 1.85 bits per heavy atom. The molecule has 0 amide bonds. The van der Waals surface area contributed by atoms with E-state index in [1.807, 2.05) is 0 Å². The molecule has 20 heavy (non-hydrogen) atoms. The van der Waals surface area contributed by atoms with E-state index in [9.17, 15) is 0 Å². The van der Waals surface area contributed by atoms with Crippen LogP contribution in [-0.4, -0.2) is 30.6 Å². The third-order valence-corrected chi connectivity index (χ3v) is 4.51. The van der Waals surface area contributed by atoms with Gasteiger partial charge in [0.25, 0.3) is 0 Å². The first kappa shape index (κ1) is 15.5. The number of likely N-dealkylation sites (N-methyl/N-ethyl adjacent to an activating group) is 1. The molecule has 0 bridgehead atoms. The molecule has 1 saturated carbocycles. The summed E-state index contributed by atoms with van der Waals surface area (Å²) in [5.74, 6) is 0. The molecule has 1 unspecified atom stereocenters. The van der Waals surface area contributed by atoms with Crippen molar-refractivity contribution < 1.29 is 0 Å². The Kier molecular flexibility index (Phi) is 6.55. The Labute approximate surface area is 124 Å². The van der Waals surface area contributed by atoms with Crippen LogP contribution in [-0.2, 0) is 0 Å². The fourth-order valence-corrected chi connectivity index (χ4v) is 3.33. The van der Waals surface area contributed by atoms with Gasteiger partial charge >= 0.3 is 0 Å². The molecule has 1 atom stereocenters. The maximum atomic E-state index is 3.73. The van der Waals surface area contributed by atoms with E-state index in [-0.39, 0.29) is 0 Å². The fraction of sp³-hybridized carbons (Fsp3) is 0.667. The number of benzene rings is 1. The molecule has 0 radical (unpaired) electrons. The van der Waals surface area contributed by atoms with Crippen molar-refractivity contribution in [3.8, 4) is 0 Å². The second-order valence-electron chi connectivity index (χ2n) is 5.94. The van der Waals surface area contributed by atoms with E-state index < -0.39 is 0 Å². The highest BCUT2D eigenvalue weighted by molar-refractivity contribution is 5.19. The third-order valence-electron chi connectivity index (χ3n) is 4.51. The summed E-state index contributed by atoms with van der Waals surface area (Å²) in [7, 11) is 0. The minimum absolute atomic E-state index is 0.469. The van der Waals surface area contributed by atoms with E-state index in [0.29, 0.717) is 6.04 Å². The van der Waals surface area contributed by atoms with Gasteiger partial charge in [0.15, 0.2) is 0 Å². The highest BCUT2D eigenvalue weighted by Crippen LogP contribution is 2.25. The van der Waals surface area contributed by atoms with Gasteiger partial charge < -0.3 is 5.32 Å². The van der Waals surface area contributed by atoms with Crippen LogP contribution in [0.3, 0.4) is 0 Å². The van der Waals surface area contributed by atoms with Gasteiger partial charge in [0.1, 0.15) is 0 Å². The van der Waals surface area contributed by atoms with Crippen LogP contribution in [0.15, 0.2) is 30.3 Å². The minimum Gasteiger partial charge on any atom is -0.309 e. The topological polar surface area (TPSA) is 15.3 Å². The summed E-state index contributed by atoms with van der Waals surface area (Å²) in [5, 5.41) is 3.73. The molecular formula is C18H30N2. The summed E-state index contributed by atoms with van der Waals surface area (Å²) < 4.78 is 0. The largest absolute Gasteiger partial charge is 0.309 e. The zero-order chi connectivity index (χ0) is 14.2. The molecule has 2 heteroatoms. The van der Waals surface area contributed by atoms with Crippen LogP contribution in [0.4, 0.5) is 0 Å². The zero-order valence-corrected chi connectivity index (χ0v) is 13.1. The van der Waals surface area contributed by atoms with E-state index >= 15 is 0 Å². The smallest absolute Gasteiger partial charge is 0.0449 e. The lowest BCUT2D eigenvalue weighted by Gasteiger charge is -2.32. The molecule has 1 fully saturated rings. The van der Waals surface area contributed by atoms with E-state index in [4.69, 9.17) is 0 Å². The minimum atomic E-state index is 0.469. The van der Waals surface area contributed by atoms with E-state index in [2.05, 4.69) is 54.4 Å². The van der Waals surface area contributed by atoms with Crippen LogP contribution in [0.25, 0.3) is 0 Å². The Morgan fingerprint density at radius 3 is 2.45 bits per heavy atom. The summed E-state index contributed by atoms with van der Waals surface area (Å²) in [6, 6.07) is 12.2. The van der Waals surface area contributed by atoms with Gasteiger partial charge in [-0.3, -0.25) is 4.90 Å². The Bertz CT molecular complexity index is 357. The van der Waals surface area contributed by atoms with Gasteiger partial charge in [-0.15, -0.1) is 0 Å². The Balaban J connectivity index is 2.01. The lowest BCUT2D eigenvalue weighted by molar-refractivity contribution is 0.186.